The Morgan fingerprint density at radius 2 is 1.14 bits per heavy atom. The molecule has 9 rings (SSSR count). The van der Waals surface area contributed by atoms with Crippen LogP contribution in [0.5, 0.6) is 0 Å². The van der Waals surface area contributed by atoms with Gasteiger partial charge >= 0.3 is 0 Å². The average molecular weight is 589 g/mol. The highest BCUT2D eigenvalue weighted by molar-refractivity contribution is 7.86. The van der Waals surface area contributed by atoms with E-state index in [1.807, 2.05) is 0 Å². The van der Waals surface area contributed by atoms with E-state index in [-0.39, 0.29) is 11.8 Å². The molecular weight excluding hydrogens is 536 g/mol. The van der Waals surface area contributed by atoms with Crippen molar-refractivity contribution in [2.24, 2.45) is 59.2 Å². The summed E-state index contributed by atoms with van der Waals surface area (Å²) in [7, 11) is -4.38. The summed E-state index contributed by atoms with van der Waals surface area (Å²) < 4.78 is 38.4. The van der Waals surface area contributed by atoms with E-state index in [1.54, 1.807) is 0 Å². The van der Waals surface area contributed by atoms with Gasteiger partial charge < -0.3 is 0 Å². The summed E-state index contributed by atoms with van der Waals surface area (Å²) in [6, 6.07) is 4.68. The van der Waals surface area contributed by atoms with E-state index in [4.69, 9.17) is 0 Å². The molecule has 0 aliphatic heterocycles. The molecule has 42 heavy (non-hydrogen) atoms. The number of hydrogen-bond acceptors (Lipinski definition) is 2. The van der Waals surface area contributed by atoms with Gasteiger partial charge in [0.05, 0.1) is 0 Å². The molecule has 3 nitrogen and oxygen atoms in total. The van der Waals surface area contributed by atoms with E-state index < -0.39 is 10.1 Å². The number of hydrogen-bond donors (Lipinski definition) is 1. The first-order valence-electron chi connectivity index (χ1n) is 17.6. The first kappa shape index (κ1) is 28.1. The maximum Gasteiger partial charge on any atom is 0.295 e. The SMILES string of the molecule is CC1/C=C2\C/C(=C\C(C)C1)C2c1cc(C2C3CC(C)CC(C)CC2C3)cc(C2C3CC4CC(C3)CC2C4)c1S(=O)(=O)O. The third-order valence-electron chi connectivity index (χ3n) is 13.4. The summed E-state index contributed by atoms with van der Waals surface area (Å²) in [6.07, 6.45) is 18.6. The number of fused-ring (bicyclic) bond motifs is 4. The van der Waals surface area contributed by atoms with E-state index in [0.717, 1.165) is 47.6 Å². The minimum atomic E-state index is -4.38. The highest BCUT2D eigenvalue weighted by Crippen LogP contribution is 2.63. The second kappa shape index (κ2) is 10.1. The highest BCUT2D eigenvalue weighted by atomic mass is 32.2. The summed E-state index contributed by atoms with van der Waals surface area (Å²) in [5, 5.41) is 0. The molecular formula is C38H52O3S. The molecule has 8 aliphatic rings. The van der Waals surface area contributed by atoms with Gasteiger partial charge in [0.1, 0.15) is 4.90 Å². The smallest absolute Gasteiger partial charge is 0.282 e. The lowest BCUT2D eigenvalue weighted by atomic mass is 9.50. The Morgan fingerprint density at radius 3 is 1.69 bits per heavy atom. The Bertz CT molecular complexity index is 1370. The largest absolute Gasteiger partial charge is 0.295 e. The minimum absolute atomic E-state index is 0.0189. The summed E-state index contributed by atoms with van der Waals surface area (Å²) in [4.78, 5) is 0.312. The van der Waals surface area contributed by atoms with E-state index in [9.17, 15) is 13.0 Å². The maximum absolute atomic E-state index is 13.6. The zero-order valence-electron chi connectivity index (χ0n) is 26.3. The van der Waals surface area contributed by atoms with Gasteiger partial charge in [0, 0.05) is 5.92 Å². The van der Waals surface area contributed by atoms with Gasteiger partial charge in [0.25, 0.3) is 10.1 Å². The first-order chi connectivity index (χ1) is 20.0. The standard InChI is InChI=1S/C38H52O3S/c1-20-5-21(2)8-27-16-26(7-20)35(27)32-18-33(36-28-9-22(3)6-23(4)10-29(36)17-28)38(42(39,40)41)34(19-32)37-30-12-24-11-25(14-30)15-31(37)13-24/h9-10,18-27,30-31,35-37H,5-8,11-17H2,1-4H3,(H,39,40,41)/b28-9+,29-10+. The Kier molecular flexibility index (Phi) is 6.73. The van der Waals surface area contributed by atoms with Crippen LogP contribution in [0.25, 0.3) is 0 Å². The zero-order valence-corrected chi connectivity index (χ0v) is 27.1. The molecule has 6 unspecified atom stereocenters. The fourth-order valence-electron chi connectivity index (χ4n) is 12.6. The van der Waals surface area contributed by atoms with Crippen molar-refractivity contribution in [3.63, 3.8) is 0 Å². The van der Waals surface area contributed by atoms with Crippen LogP contribution < -0.4 is 0 Å². The Hall–Kier alpha value is -1.39. The third kappa shape index (κ3) is 4.63. The molecule has 0 radical (unpaired) electrons. The van der Waals surface area contributed by atoms with Crippen LogP contribution in [0.1, 0.15) is 133 Å². The van der Waals surface area contributed by atoms with Gasteiger partial charge in [-0.3, -0.25) is 4.55 Å². The summed E-state index contributed by atoms with van der Waals surface area (Å²) in [6.45, 7) is 9.51. The van der Waals surface area contributed by atoms with Crippen LogP contribution in [-0.4, -0.2) is 13.0 Å². The first-order valence-corrected chi connectivity index (χ1v) is 19.0. The van der Waals surface area contributed by atoms with Crippen molar-refractivity contribution in [2.75, 3.05) is 0 Å². The van der Waals surface area contributed by atoms with Crippen LogP contribution in [0.4, 0.5) is 0 Å². The lowest BCUT2D eigenvalue weighted by Gasteiger charge is -2.55. The summed E-state index contributed by atoms with van der Waals surface area (Å²) in [5.41, 5.74) is 6.11. The van der Waals surface area contributed by atoms with Gasteiger partial charge in [-0.15, -0.1) is 0 Å². The molecule has 8 bridgehead atoms. The Morgan fingerprint density at radius 1 is 0.619 bits per heavy atom. The lowest BCUT2D eigenvalue weighted by Crippen LogP contribution is -2.44. The highest BCUT2D eigenvalue weighted by Gasteiger charge is 2.52. The quantitative estimate of drug-likeness (QED) is 0.281. The molecule has 8 aliphatic carbocycles. The third-order valence-corrected chi connectivity index (χ3v) is 14.4. The molecule has 4 heteroatoms. The molecule has 1 N–H and O–H groups in total. The molecule has 0 aromatic heterocycles. The van der Waals surface area contributed by atoms with E-state index >= 15 is 0 Å². The monoisotopic (exact) mass is 588 g/mol. The molecule has 0 saturated heterocycles. The van der Waals surface area contributed by atoms with Crippen LogP contribution >= 0.6 is 0 Å². The Balaban J connectivity index is 1.32. The van der Waals surface area contributed by atoms with Crippen molar-refractivity contribution in [2.45, 2.75) is 121 Å². The van der Waals surface area contributed by atoms with Crippen molar-refractivity contribution >= 4 is 10.1 Å². The number of benzene rings is 1. The minimum Gasteiger partial charge on any atom is -0.282 e. The summed E-state index contributed by atoms with van der Waals surface area (Å²) >= 11 is 0. The van der Waals surface area contributed by atoms with Crippen molar-refractivity contribution in [3.05, 3.63) is 52.1 Å². The zero-order chi connectivity index (χ0) is 29.1. The van der Waals surface area contributed by atoms with Gasteiger partial charge in [0.2, 0.25) is 0 Å². The predicted molar refractivity (Wildman–Crippen MR) is 169 cm³/mol. The lowest BCUT2D eigenvalue weighted by molar-refractivity contribution is -0.00387. The molecule has 7 fully saturated rings. The fraction of sp³-hybridized carbons (Fsp3) is 0.737. The Labute approximate surface area is 254 Å². The molecule has 1 aromatic rings. The van der Waals surface area contributed by atoms with E-state index in [2.05, 4.69) is 52.0 Å². The molecule has 7 saturated carbocycles. The molecule has 0 amide bonds. The number of rotatable bonds is 4. The van der Waals surface area contributed by atoms with Crippen LogP contribution in [0.2, 0.25) is 0 Å². The van der Waals surface area contributed by atoms with Crippen molar-refractivity contribution in [1.82, 2.24) is 0 Å². The van der Waals surface area contributed by atoms with E-state index in [1.165, 1.54) is 74.5 Å². The molecule has 228 valence electrons. The number of allylic oxidation sites excluding steroid dienone is 4. The molecule has 6 atom stereocenters. The van der Waals surface area contributed by atoms with Crippen LogP contribution in [-0.2, 0) is 10.1 Å². The molecule has 1 aromatic carbocycles. The van der Waals surface area contributed by atoms with Gasteiger partial charge in [-0.1, -0.05) is 63.1 Å². The second-order valence-corrected chi connectivity index (χ2v) is 18.3. The van der Waals surface area contributed by atoms with Gasteiger partial charge in [-0.05, 0) is 158 Å². The normalized spacial score (nSPS) is 48.4. The van der Waals surface area contributed by atoms with Crippen LogP contribution in [0.3, 0.4) is 0 Å². The van der Waals surface area contributed by atoms with Crippen molar-refractivity contribution in [3.8, 4) is 0 Å². The fourth-order valence-corrected chi connectivity index (χ4v) is 13.6. The average Bonchev–Trinajstić information content (AvgIpc) is 2.83. The summed E-state index contributed by atoms with van der Waals surface area (Å²) in [5.74, 6) is 7.53. The van der Waals surface area contributed by atoms with Gasteiger partial charge in [-0.2, -0.15) is 8.42 Å². The van der Waals surface area contributed by atoms with Crippen LogP contribution in [0, 0.1) is 59.2 Å². The van der Waals surface area contributed by atoms with Crippen molar-refractivity contribution in [1.29, 1.82) is 0 Å². The van der Waals surface area contributed by atoms with E-state index in [0.29, 0.717) is 46.3 Å². The maximum atomic E-state index is 13.6. The van der Waals surface area contributed by atoms with Gasteiger partial charge in [0.15, 0.2) is 0 Å². The van der Waals surface area contributed by atoms with Crippen LogP contribution in [0.15, 0.2) is 40.3 Å². The van der Waals surface area contributed by atoms with Crippen molar-refractivity contribution < 1.29 is 13.0 Å². The molecule has 0 spiro atoms. The topological polar surface area (TPSA) is 54.4 Å². The second-order valence-electron chi connectivity index (χ2n) is 16.9. The molecule has 0 heterocycles. The van der Waals surface area contributed by atoms with Gasteiger partial charge in [-0.25, -0.2) is 0 Å². The predicted octanol–water partition coefficient (Wildman–Crippen LogP) is 9.66.